The number of pyridine rings is 2. The van der Waals surface area contributed by atoms with Gasteiger partial charge in [-0.25, -0.2) is 8.91 Å². The first-order valence-corrected chi connectivity index (χ1v) is 14.6. The minimum absolute atomic E-state index is 0.0637. The van der Waals surface area contributed by atoms with Crippen molar-refractivity contribution in [3.05, 3.63) is 71.0 Å². The highest BCUT2D eigenvalue weighted by Crippen LogP contribution is 2.44. The molecule has 1 unspecified atom stereocenters. The number of piperidine rings is 1. The zero-order chi connectivity index (χ0) is 30.4. The van der Waals surface area contributed by atoms with Crippen LogP contribution in [-0.2, 0) is 0 Å². The number of fused-ring (bicyclic) bond motifs is 1. The van der Waals surface area contributed by atoms with Crippen LogP contribution in [0.2, 0.25) is 5.02 Å². The number of rotatable bonds is 11. The molecule has 0 spiro atoms. The summed E-state index contributed by atoms with van der Waals surface area (Å²) in [7, 11) is 0. The smallest absolute Gasteiger partial charge is 0.179 e. The normalized spacial score (nSPS) is 16.0. The lowest BCUT2D eigenvalue weighted by molar-refractivity contribution is 0.0938. The molecule has 0 aromatic carbocycles. The highest BCUT2D eigenvalue weighted by molar-refractivity contribution is 6.47. The van der Waals surface area contributed by atoms with E-state index in [-0.39, 0.29) is 6.04 Å². The van der Waals surface area contributed by atoms with Gasteiger partial charge in [0.1, 0.15) is 28.9 Å². The highest BCUT2D eigenvalue weighted by atomic mass is 35.5. The highest BCUT2D eigenvalue weighted by Gasteiger charge is 2.37. The van der Waals surface area contributed by atoms with Gasteiger partial charge in [0.15, 0.2) is 6.19 Å². The molecule has 9 nitrogen and oxygen atoms in total. The molecular formula is C31H38ClFN8O. The van der Waals surface area contributed by atoms with E-state index in [4.69, 9.17) is 32.4 Å². The molecule has 3 aromatic rings. The first-order valence-electron chi connectivity index (χ1n) is 14.2. The minimum Gasteiger partial charge on any atom is -0.481 e. The second kappa shape index (κ2) is 13.3. The zero-order valence-electron chi connectivity index (χ0n) is 24.6. The number of nitrogens with zero attached hydrogens (tertiary/aromatic N) is 7. The summed E-state index contributed by atoms with van der Waals surface area (Å²) in [4.78, 5) is 11.0. The Balaban J connectivity index is 1.76. The van der Waals surface area contributed by atoms with Gasteiger partial charge in [0, 0.05) is 30.3 Å². The second-order valence-corrected chi connectivity index (χ2v) is 11.6. The van der Waals surface area contributed by atoms with E-state index in [1.54, 1.807) is 27.9 Å². The van der Waals surface area contributed by atoms with Crippen LogP contribution in [0.5, 0.6) is 5.75 Å². The number of unbranched alkanes of at least 4 members (excludes halogenated alkanes) is 1. The predicted octanol–water partition coefficient (Wildman–Crippen LogP) is 6.48. The summed E-state index contributed by atoms with van der Waals surface area (Å²) in [6, 6.07) is 4.90. The Kier molecular flexibility index (Phi) is 9.84. The fourth-order valence-electron chi connectivity index (χ4n) is 5.22. The fraction of sp³-hybridized carbons (Fsp3) is 0.452. The topological polar surface area (TPSA) is 117 Å². The average molecular weight is 593 g/mol. The van der Waals surface area contributed by atoms with E-state index in [1.165, 1.54) is 12.3 Å². The average Bonchev–Trinajstić information content (AvgIpc) is 3.36. The maximum atomic E-state index is 13.9. The van der Waals surface area contributed by atoms with E-state index >= 15 is 0 Å². The first-order chi connectivity index (χ1) is 20.1. The number of likely N-dealkylation sites (tertiary alicyclic amines) is 1. The number of aliphatic imine (C=N–C) groups is 1. The Labute approximate surface area is 251 Å². The van der Waals surface area contributed by atoms with Crippen LogP contribution in [0.3, 0.4) is 0 Å². The Morgan fingerprint density at radius 3 is 2.69 bits per heavy atom. The van der Waals surface area contributed by atoms with Crippen molar-refractivity contribution in [3.8, 4) is 11.9 Å². The van der Waals surface area contributed by atoms with Crippen LogP contribution in [0.25, 0.3) is 5.52 Å². The van der Waals surface area contributed by atoms with Gasteiger partial charge in [-0.3, -0.25) is 9.98 Å². The molecule has 0 radical (unpaired) electrons. The van der Waals surface area contributed by atoms with E-state index < -0.39 is 17.3 Å². The van der Waals surface area contributed by atoms with Gasteiger partial charge in [0.05, 0.1) is 34.9 Å². The number of hydrogen-bond donors (Lipinski definition) is 1. The monoisotopic (exact) mass is 592 g/mol. The van der Waals surface area contributed by atoms with Gasteiger partial charge in [0.25, 0.3) is 0 Å². The third kappa shape index (κ3) is 6.73. The molecule has 1 aliphatic heterocycles. The maximum absolute atomic E-state index is 13.9. The van der Waals surface area contributed by atoms with Crippen LogP contribution in [0.4, 0.5) is 4.39 Å². The summed E-state index contributed by atoms with van der Waals surface area (Å²) in [6.07, 6.45) is 10.5. The number of hydrogen-bond acceptors (Lipinski definition) is 8. The second-order valence-electron chi connectivity index (χ2n) is 11.2. The van der Waals surface area contributed by atoms with Crippen molar-refractivity contribution in [1.29, 1.82) is 5.26 Å². The largest absolute Gasteiger partial charge is 0.481 e. The zero-order valence-corrected chi connectivity index (χ0v) is 25.4. The lowest BCUT2D eigenvalue weighted by Crippen LogP contribution is -2.32. The number of nitrogens with two attached hydrogens (primary N) is 1. The summed E-state index contributed by atoms with van der Waals surface area (Å²) in [5.41, 5.74) is 3.36. The van der Waals surface area contributed by atoms with Crippen molar-refractivity contribution in [3.63, 3.8) is 0 Å². The molecule has 4 rings (SSSR count). The molecule has 0 aliphatic carbocycles. The molecule has 0 amide bonds. The van der Waals surface area contributed by atoms with Gasteiger partial charge in [-0.2, -0.15) is 15.5 Å². The standard InChI is InChI=1S/C31H38ClFN8O/c1-6-7-8-20(2)31(4,5)30(26-10-9-23(33)16-36-26)42-27-15-22(18-41-29(27)25(32)17-37-41)28(39-35)21(3)38-24-11-13-40(19-34)14-12-24/h9-10,15-18,24,30H,2,6-8,11-14,35H2,1,3-5H3/b38-21?,39-28+. The molecule has 3 aromatic heterocycles. The molecule has 0 saturated carbocycles. The van der Waals surface area contributed by atoms with Gasteiger partial charge >= 0.3 is 0 Å². The summed E-state index contributed by atoms with van der Waals surface area (Å²) < 4.78 is 22.3. The number of aromatic nitrogens is 3. The predicted molar refractivity (Wildman–Crippen MR) is 164 cm³/mol. The minimum atomic E-state index is -0.620. The van der Waals surface area contributed by atoms with Crippen LogP contribution >= 0.6 is 11.6 Å². The van der Waals surface area contributed by atoms with Crippen molar-refractivity contribution >= 4 is 28.5 Å². The lowest BCUT2D eigenvalue weighted by atomic mass is 9.76. The van der Waals surface area contributed by atoms with E-state index in [9.17, 15) is 4.39 Å². The summed E-state index contributed by atoms with van der Waals surface area (Å²) in [5, 5.41) is 18.1. The quantitative estimate of drug-likeness (QED) is 0.0894. The SMILES string of the molecule is C=C(CCCC)C(C)(C)C(Oc1cc(/C(=N/N)C(C)=NC2CCN(C#N)CC2)cn2ncc(Cl)c12)c1ccc(F)cn1. The van der Waals surface area contributed by atoms with Gasteiger partial charge in [-0.1, -0.05) is 50.9 Å². The Morgan fingerprint density at radius 2 is 2.07 bits per heavy atom. The van der Waals surface area contributed by atoms with Gasteiger partial charge in [0.2, 0.25) is 0 Å². The van der Waals surface area contributed by atoms with Crippen LogP contribution in [0.1, 0.15) is 77.2 Å². The number of halogens is 2. The van der Waals surface area contributed by atoms with Gasteiger partial charge in [-0.05, 0) is 50.8 Å². The molecule has 222 valence electrons. The van der Waals surface area contributed by atoms with E-state index in [0.717, 1.165) is 37.7 Å². The molecule has 1 aliphatic rings. The first kappa shape index (κ1) is 31.0. The number of hydrazone groups is 1. The van der Waals surface area contributed by atoms with Gasteiger partial charge in [-0.15, -0.1) is 0 Å². The molecular weight excluding hydrogens is 555 g/mol. The van der Waals surface area contributed by atoms with Crippen molar-refractivity contribution in [2.75, 3.05) is 13.1 Å². The third-order valence-corrected chi connectivity index (χ3v) is 8.20. The van der Waals surface area contributed by atoms with Crippen molar-refractivity contribution in [2.24, 2.45) is 21.4 Å². The van der Waals surface area contributed by atoms with E-state index in [0.29, 0.717) is 52.1 Å². The van der Waals surface area contributed by atoms with Crippen LogP contribution in [0, 0.1) is 22.7 Å². The maximum Gasteiger partial charge on any atom is 0.179 e. The molecule has 1 fully saturated rings. The Morgan fingerprint density at radius 1 is 1.33 bits per heavy atom. The van der Waals surface area contributed by atoms with Crippen molar-refractivity contribution in [1.82, 2.24) is 19.5 Å². The molecule has 42 heavy (non-hydrogen) atoms. The fourth-order valence-corrected chi connectivity index (χ4v) is 5.44. The summed E-state index contributed by atoms with van der Waals surface area (Å²) in [5.74, 6) is 5.93. The number of nitriles is 1. The van der Waals surface area contributed by atoms with E-state index in [2.05, 4.69) is 48.7 Å². The summed E-state index contributed by atoms with van der Waals surface area (Å²) >= 11 is 6.60. The Hall–Kier alpha value is -3.97. The molecule has 1 saturated heterocycles. The molecule has 11 heteroatoms. The molecule has 4 heterocycles. The van der Waals surface area contributed by atoms with Crippen LogP contribution in [0.15, 0.2) is 59.0 Å². The Bertz CT molecular complexity index is 1510. The van der Waals surface area contributed by atoms with Crippen molar-refractivity contribution < 1.29 is 9.13 Å². The molecule has 0 bridgehead atoms. The molecule has 1 atom stereocenters. The number of ether oxygens (including phenoxy) is 1. The third-order valence-electron chi connectivity index (χ3n) is 7.92. The van der Waals surface area contributed by atoms with Crippen LogP contribution < -0.4 is 10.6 Å². The van der Waals surface area contributed by atoms with E-state index in [1.807, 2.05) is 13.0 Å². The summed E-state index contributed by atoms with van der Waals surface area (Å²) in [6.45, 7) is 13.8. The lowest BCUT2D eigenvalue weighted by Gasteiger charge is -2.36. The van der Waals surface area contributed by atoms with Gasteiger partial charge < -0.3 is 15.5 Å². The van der Waals surface area contributed by atoms with Crippen molar-refractivity contribution in [2.45, 2.75) is 71.9 Å². The van der Waals surface area contributed by atoms with Crippen LogP contribution in [-0.4, -0.2) is 50.1 Å². The molecule has 2 N–H and O–H groups in total.